The highest BCUT2D eigenvalue weighted by Gasteiger charge is 2.05. The summed E-state index contributed by atoms with van der Waals surface area (Å²) >= 11 is 7.12. The third-order valence-corrected chi connectivity index (χ3v) is 4.83. The van der Waals surface area contributed by atoms with Gasteiger partial charge in [-0.25, -0.2) is 0 Å². The van der Waals surface area contributed by atoms with Crippen LogP contribution in [0.2, 0.25) is 5.02 Å². The van der Waals surface area contributed by atoms with E-state index in [2.05, 4.69) is 4.98 Å². The van der Waals surface area contributed by atoms with Crippen LogP contribution in [-0.2, 0) is 0 Å². The molecule has 0 aliphatic rings. The number of nitrogens with one attached hydrogen (secondary N) is 1. The first-order chi connectivity index (χ1) is 11.9. The highest BCUT2D eigenvalue weighted by atomic mass is 35.5. The average Bonchev–Trinajstić information content (AvgIpc) is 2.88. The molecule has 1 aromatic heterocycles. The van der Waals surface area contributed by atoms with Gasteiger partial charge >= 0.3 is 0 Å². The lowest BCUT2D eigenvalue weighted by Gasteiger charge is -2.00. The number of hydrogen-bond donors (Lipinski definition) is 1. The van der Waals surface area contributed by atoms with Crippen LogP contribution < -0.4 is 14.8 Å². The summed E-state index contributed by atoms with van der Waals surface area (Å²) in [4.78, 5) is 27.3. The van der Waals surface area contributed by atoms with Crippen LogP contribution in [0.4, 0.5) is 0 Å². The molecule has 0 saturated carbocycles. The number of benzene rings is 2. The molecule has 0 fully saturated rings. The van der Waals surface area contributed by atoms with E-state index >= 15 is 0 Å². The summed E-state index contributed by atoms with van der Waals surface area (Å²) in [6, 6.07) is 12.9. The Morgan fingerprint density at radius 2 is 1.72 bits per heavy atom. The number of rotatable bonds is 3. The van der Waals surface area contributed by atoms with Crippen LogP contribution in [0.5, 0.6) is 0 Å². The number of carbonyl (C=O) groups excluding carboxylic acids is 1. The van der Waals surface area contributed by atoms with Crippen LogP contribution >= 0.6 is 22.9 Å². The number of aryl methyl sites for hydroxylation is 2. The quantitative estimate of drug-likeness (QED) is 0.721. The summed E-state index contributed by atoms with van der Waals surface area (Å²) in [5.41, 5.74) is 3.36. The lowest BCUT2D eigenvalue weighted by atomic mass is 10.0. The molecule has 1 N–H and O–H groups in total. The van der Waals surface area contributed by atoms with Gasteiger partial charge in [0.1, 0.15) is 0 Å². The van der Waals surface area contributed by atoms with Crippen LogP contribution in [0.25, 0.3) is 12.2 Å². The second-order valence-corrected chi connectivity index (χ2v) is 7.39. The first-order valence-electron chi connectivity index (χ1n) is 7.71. The Morgan fingerprint density at radius 3 is 2.36 bits per heavy atom. The topological polar surface area (TPSA) is 49.9 Å². The molecule has 126 valence electrons. The van der Waals surface area contributed by atoms with E-state index in [0.29, 0.717) is 19.8 Å². The number of Topliss-reactive ketones (excluding diaryl/α,β-unsaturated/α-hetero) is 1. The van der Waals surface area contributed by atoms with Gasteiger partial charge in [-0.15, -0.1) is 11.3 Å². The van der Waals surface area contributed by atoms with Crippen LogP contribution in [0.15, 0.2) is 47.3 Å². The van der Waals surface area contributed by atoms with Gasteiger partial charge in [0.25, 0.3) is 5.56 Å². The molecule has 1 heterocycles. The minimum atomic E-state index is -0.209. The maximum absolute atomic E-state index is 12.4. The Labute approximate surface area is 153 Å². The van der Waals surface area contributed by atoms with Gasteiger partial charge in [0.05, 0.1) is 9.20 Å². The fourth-order valence-electron chi connectivity index (χ4n) is 2.55. The second-order valence-electron chi connectivity index (χ2n) is 5.87. The first-order valence-corrected chi connectivity index (χ1v) is 8.91. The fraction of sp³-hybridized carbons (Fsp3) is 0.100. The Hall–Kier alpha value is -2.43. The molecule has 3 nitrogen and oxygen atoms in total. The standard InChI is InChI=1S/C20H16ClNO2S/c1-12-7-13(2)9-15(8-12)17(23)11-19-22-20(24)18(25-19)10-14-3-5-16(21)6-4-14/h3-11H,1-2H3,(H,22,24). The molecule has 3 rings (SSSR count). The first kappa shape index (κ1) is 17.4. The number of thiazole rings is 1. The third kappa shape index (κ3) is 4.35. The average molecular weight is 370 g/mol. The van der Waals surface area contributed by atoms with E-state index in [0.717, 1.165) is 16.7 Å². The molecule has 5 heteroatoms. The number of hydrogen-bond acceptors (Lipinski definition) is 3. The molecular weight excluding hydrogens is 354 g/mol. The number of H-pyrrole nitrogens is 1. The number of aromatic nitrogens is 1. The summed E-state index contributed by atoms with van der Waals surface area (Å²) in [6.45, 7) is 3.91. The molecule has 0 bridgehead atoms. The zero-order valence-corrected chi connectivity index (χ0v) is 15.4. The highest BCUT2D eigenvalue weighted by Crippen LogP contribution is 2.10. The Kier molecular flexibility index (Phi) is 5.02. The van der Waals surface area contributed by atoms with E-state index in [1.54, 1.807) is 18.2 Å². The third-order valence-electron chi connectivity index (χ3n) is 3.62. The van der Waals surface area contributed by atoms with Crippen LogP contribution in [0.1, 0.15) is 27.0 Å². The van der Waals surface area contributed by atoms with E-state index in [-0.39, 0.29) is 11.3 Å². The van der Waals surface area contributed by atoms with E-state index in [1.165, 1.54) is 17.4 Å². The molecule has 0 atom stereocenters. The molecule has 0 spiro atoms. The van der Waals surface area contributed by atoms with E-state index < -0.39 is 0 Å². The number of ketones is 1. The van der Waals surface area contributed by atoms with Crippen molar-refractivity contribution in [2.24, 2.45) is 0 Å². The molecule has 0 aliphatic carbocycles. The van der Waals surface area contributed by atoms with Crippen molar-refractivity contribution in [1.82, 2.24) is 4.98 Å². The van der Waals surface area contributed by atoms with Crippen molar-refractivity contribution in [3.63, 3.8) is 0 Å². The smallest absolute Gasteiger partial charge is 0.266 e. The van der Waals surface area contributed by atoms with Gasteiger partial charge in [-0.2, -0.15) is 0 Å². The Morgan fingerprint density at radius 1 is 1.08 bits per heavy atom. The predicted molar refractivity (Wildman–Crippen MR) is 104 cm³/mol. The Balaban J connectivity index is 1.99. The van der Waals surface area contributed by atoms with Gasteiger partial charge in [0.2, 0.25) is 0 Å². The number of carbonyl (C=O) groups is 1. The van der Waals surface area contributed by atoms with E-state index in [1.807, 2.05) is 44.2 Å². The number of aromatic amines is 1. The second kappa shape index (κ2) is 7.21. The summed E-state index contributed by atoms with van der Waals surface area (Å²) < 4.78 is 1.08. The molecule has 25 heavy (non-hydrogen) atoms. The van der Waals surface area contributed by atoms with Crippen molar-refractivity contribution >= 4 is 40.9 Å². The minimum absolute atomic E-state index is 0.123. The molecule has 0 amide bonds. The zero-order valence-electron chi connectivity index (χ0n) is 13.8. The fourth-order valence-corrected chi connectivity index (χ4v) is 3.57. The molecule has 0 unspecified atom stereocenters. The predicted octanol–water partition coefficient (Wildman–Crippen LogP) is 3.20. The van der Waals surface area contributed by atoms with Gasteiger partial charge in [-0.05, 0) is 49.8 Å². The van der Waals surface area contributed by atoms with Crippen LogP contribution in [0.3, 0.4) is 0 Å². The van der Waals surface area contributed by atoms with E-state index in [4.69, 9.17) is 11.6 Å². The molecule has 0 aliphatic heterocycles. The normalized spacial score (nSPS) is 12.6. The van der Waals surface area contributed by atoms with Crippen molar-refractivity contribution in [3.8, 4) is 0 Å². The summed E-state index contributed by atoms with van der Waals surface area (Å²) in [5.74, 6) is -0.123. The molecule has 0 saturated heterocycles. The lowest BCUT2D eigenvalue weighted by molar-refractivity contribution is 0.106. The number of halogens is 1. The molecule has 0 radical (unpaired) electrons. The Bertz CT molecular complexity index is 1090. The van der Waals surface area contributed by atoms with Gasteiger partial charge in [0.15, 0.2) is 5.78 Å². The molecular formula is C20H16ClNO2S. The SMILES string of the molecule is Cc1cc(C)cc(C(=O)C=c2[nH]c(=O)c(=Cc3ccc(Cl)cc3)s2)c1. The summed E-state index contributed by atoms with van der Waals surface area (Å²) in [7, 11) is 0. The zero-order chi connectivity index (χ0) is 18.0. The van der Waals surface area contributed by atoms with Crippen molar-refractivity contribution in [1.29, 1.82) is 0 Å². The summed E-state index contributed by atoms with van der Waals surface area (Å²) in [5, 5.41) is 0.644. The highest BCUT2D eigenvalue weighted by molar-refractivity contribution is 7.07. The van der Waals surface area contributed by atoms with Gasteiger partial charge in [0, 0.05) is 16.7 Å². The largest absolute Gasteiger partial charge is 0.313 e. The molecule has 3 aromatic rings. The van der Waals surface area contributed by atoms with Crippen molar-refractivity contribution in [2.75, 3.05) is 0 Å². The lowest BCUT2D eigenvalue weighted by Crippen LogP contribution is -2.20. The van der Waals surface area contributed by atoms with Gasteiger partial charge < -0.3 is 4.98 Å². The van der Waals surface area contributed by atoms with Crippen LogP contribution in [0, 0.1) is 13.8 Å². The van der Waals surface area contributed by atoms with Gasteiger partial charge in [-0.1, -0.05) is 40.9 Å². The van der Waals surface area contributed by atoms with Crippen molar-refractivity contribution < 1.29 is 4.79 Å². The molecule has 2 aromatic carbocycles. The van der Waals surface area contributed by atoms with Crippen LogP contribution in [-0.4, -0.2) is 10.8 Å². The summed E-state index contributed by atoms with van der Waals surface area (Å²) in [6.07, 6.45) is 3.25. The van der Waals surface area contributed by atoms with E-state index in [9.17, 15) is 9.59 Å². The maximum Gasteiger partial charge on any atom is 0.266 e. The monoisotopic (exact) mass is 369 g/mol. The van der Waals surface area contributed by atoms with Crippen molar-refractivity contribution in [2.45, 2.75) is 13.8 Å². The maximum atomic E-state index is 12.4. The van der Waals surface area contributed by atoms with Gasteiger partial charge in [-0.3, -0.25) is 9.59 Å². The van der Waals surface area contributed by atoms with Crippen molar-refractivity contribution in [3.05, 3.63) is 89.3 Å². The minimum Gasteiger partial charge on any atom is -0.313 e.